The van der Waals surface area contributed by atoms with Gasteiger partial charge in [-0.05, 0) is 58.3 Å². The molecule has 0 radical (unpaired) electrons. The zero-order chi connectivity index (χ0) is 24.6. The van der Waals surface area contributed by atoms with Gasteiger partial charge >= 0.3 is 0 Å². The second-order valence-corrected chi connectivity index (χ2v) is 10.7. The smallest absolute Gasteiger partial charge is 0.0624 e. The van der Waals surface area contributed by atoms with E-state index in [2.05, 4.69) is 64.0 Å². The lowest BCUT2D eigenvalue weighted by atomic mass is 10.2. The van der Waals surface area contributed by atoms with Crippen LogP contribution in [-0.4, -0.2) is 140 Å². The van der Waals surface area contributed by atoms with Crippen LogP contribution in [0.5, 0.6) is 0 Å². The van der Waals surface area contributed by atoms with Crippen LogP contribution in [0.25, 0.3) is 0 Å². The normalized spacial score (nSPS) is 22.8. The predicted octanol–water partition coefficient (Wildman–Crippen LogP) is 3.59. The molecule has 2 aliphatic heterocycles. The SMILES string of the molecule is CCCC(N1CCN(CCC)CCN(CCC)CC1)N1CCN(CCC)CCN(CCC)CC1. The molecule has 2 aliphatic rings. The van der Waals surface area contributed by atoms with E-state index in [9.17, 15) is 0 Å². The average Bonchev–Trinajstić information content (AvgIpc) is 2.99. The van der Waals surface area contributed by atoms with E-state index >= 15 is 0 Å². The van der Waals surface area contributed by atoms with E-state index in [0.29, 0.717) is 6.17 Å². The highest BCUT2D eigenvalue weighted by molar-refractivity contribution is 4.81. The van der Waals surface area contributed by atoms with Crippen molar-refractivity contribution in [1.82, 2.24) is 29.4 Å². The zero-order valence-electron chi connectivity index (χ0n) is 23.8. The third-order valence-electron chi connectivity index (χ3n) is 7.83. The molecule has 0 atom stereocenters. The minimum atomic E-state index is 0.583. The number of nitrogens with zero attached hydrogens (tertiary/aromatic N) is 6. The van der Waals surface area contributed by atoms with Crippen molar-refractivity contribution in [3.63, 3.8) is 0 Å². The molecule has 34 heavy (non-hydrogen) atoms. The van der Waals surface area contributed by atoms with Crippen molar-refractivity contribution in [2.24, 2.45) is 0 Å². The van der Waals surface area contributed by atoms with Crippen LogP contribution in [0.3, 0.4) is 0 Å². The summed E-state index contributed by atoms with van der Waals surface area (Å²) in [5, 5.41) is 0. The lowest BCUT2D eigenvalue weighted by Gasteiger charge is -2.41. The Bertz CT molecular complexity index is 414. The van der Waals surface area contributed by atoms with E-state index in [1.807, 2.05) is 0 Å². The van der Waals surface area contributed by atoms with Crippen molar-refractivity contribution in [2.75, 3.05) is 105 Å². The third kappa shape index (κ3) is 10.8. The molecule has 2 rings (SSSR count). The summed E-state index contributed by atoms with van der Waals surface area (Å²) in [5.41, 5.74) is 0. The fourth-order valence-electron chi connectivity index (χ4n) is 5.93. The van der Waals surface area contributed by atoms with Gasteiger partial charge in [0.25, 0.3) is 0 Å². The molecule has 0 spiro atoms. The van der Waals surface area contributed by atoms with Crippen LogP contribution in [0, 0.1) is 0 Å². The Morgan fingerprint density at radius 2 is 0.647 bits per heavy atom. The Kier molecular flexibility index (Phi) is 15.9. The van der Waals surface area contributed by atoms with E-state index in [4.69, 9.17) is 0 Å². The van der Waals surface area contributed by atoms with Gasteiger partial charge in [-0.1, -0.05) is 41.0 Å². The summed E-state index contributed by atoms with van der Waals surface area (Å²) >= 11 is 0. The molecular formula is C28H60N6. The Morgan fingerprint density at radius 1 is 0.382 bits per heavy atom. The summed E-state index contributed by atoms with van der Waals surface area (Å²) in [5.74, 6) is 0. The van der Waals surface area contributed by atoms with Gasteiger partial charge in [0.05, 0.1) is 6.17 Å². The Hall–Kier alpha value is -0.240. The molecule has 2 saturated heterocycles. The molecule has 0 aromatic heterocycles. The minimum Gasteiger partial charge on any atom is -0.301 e. The maximum Gasteiger partial charge on any atom is 0.0624 e. The van der Waals surface area contributed by atoms with Gasteiger partial charge in [-0.25, -0.2) is 0 Å². The van der Waals surface area contributed by atoms with Crippen LogP contribution in [-0.2, 0) is 0 Å². The van der Waals surface area contributed by atoms with Crippen molar-refractivity contribution >= 4 is 0 Å². The quantitative estimate of drug-likeness (QED) is 0.422. The minimum absolute atomic E-state index is 0.583. The standard InChI is InChI=1S/C28H60N6/c1-6-11-28(33-24-20-29(12-7-2)16-17-30(13-8-3)21-25-33)34-26-22-31(14-9-4)18-19-32(15-10-5)23-27-34/h28H,6-27H2,1-5H3. The molecule has 0 aromatic carbocycles. The van der Waals surface area contributed by atoms with Gasteiger partial charge in [0.1, 0.15) is 0 Å². The van der Waals surface area contributed by atoms with E-state index in [1.54, 1.807) is 0 Å². The van der Waals surface area contributed by atoms with Crippen LogP contribution in [0.4, 0.5) is 0 Å². The molecule has 0 amide bonds. The summed E-state index contributed by atoms with van der Waals surface area (Å²) in [6.07, 6.45) is 8.20. The first-order valence-electron chi connectivity index (χ1n) is 15.0. The van der Waals surface area contributed by atoms with Crippen molar-refractivity contribution in [1.29, 1.82) is 0 Å². The van der Waals surface area contributed by atoms with E-state index < -0.39 is 0 Å². The van der Waals surface area contributed by atoms with Gasteiger partial charge in [0, 0.05) is 78.5 Å². The molecule has 6 nitrogen and oxygen atoms in total. The highest BCUT2D eigenvalue weighted by Crippen LogP contribution is 2.16. The van der Waals surface area contributed by atoms with E-state index in [0.717, 1.165) is 0 Å². The molecule has 202 valence electrons. The fourth-order valence-corrected chi connectivity index (χ4v) is 5.93. The molecule has 2 fully saturated rings. The Morgan fingerprint density at radius 3 is 0.882 bits per heavy atom. The van der Waals surface area contributed by atoms with Crippen molar-refractivity contribution in [3.05, 3.63) is 0 Å². The van der Waals surface area contributed by atoms with Crippen LogP contribution in [0.1, 0.15) is 73.1 Å². The highest BCUT2D eigenvalue weighted by Gasteiger charge is 2.28. The largest absolute Gasteiger partial charge is 0.301 e. The number of hydrogen-bond acceptors (Lipinski definition) is 6. The van der Waals surface area contributed by atoms with Gasteiger partial charge in [-0.15, -0.1) is 0 Å². The molecule has 0 N–H and O–H groups in total. The van der Waals surface area contributed by atoms with Crippen molar-refractivity contribution in [3.8, 4) is 0 Å². The maximum atomic E-state index is 2.88. The topological polar surface area (TPSA) is 19.4 Å². The number of hydrogen-bond donors (Lipinski definition) is 0. The van der Waals surface area contributed by atoms with Gasteiger partial charge in [-0.2, -0.15) is 0 Å². The molecule has 0 aliphatic carbocycles. The maximum absolute atomic E-state index is 2.88. The first-order chi connectivity index (χ1) is 16.6. The molecule has 0 bridgehead atoms. The Labute approximate surface area is 213 Å². The van der Waals surface area contributed by atoms with E-state index in [-0.39, 0.29) is 0 Å². The van der Waals surface area contributed by atoms with Gasteiger partial charge in [0.2, 0.25) is 0 Å². The van der Waals surface area contributed by atoms with Crippen LogP contribution >= 0.6 is 0 Å². The molecule has 0 unspecified atom stereocenters. The first-order valence-corrected chi connectivity index (χ1v) is 15.0. The fraction of sp³-hybridized carbons (Fsp3) is 1.00. The monoisotopic (exact) mass is 480 g/mol. The van der Waals surface area contributed by atoms with Crippen LogP contribution in [0.2, 0.25) is 0 Å². The summed E-state index contributed by atoms with van der Waals surface area (Å²) in [6.45, 7) is 31.4. The van der Waals surface area contributed by atoms with E-state index in [1.165, 1.54) is 143 Å². The zero-order valence-corrected chi connectivity index (χ0v) is 23.8. The highest BCUT2D eigenvalue weighted by atomic mass is 15.4. The molecule has 6 heteroatoms. The second kappa shape index (κ2) is 18.1. The first kappa shape index (κ1) is 30.0. The predicted molar refractivity (Wildman–Crippen MR) is 149 cm³/mol. The average molecular weight is 481 g/mol. The molecule has 0 aromatic rings. The Balaban J connectivity index is 2.18. The summed E-state index contributed by atoms with van der Waals surface area (Å²) < 4.78 is 0. The van der Waals surface area contributed by atoms with Crippen LogP contribution < -0.4 is 0 Å². The third-order valence-corrected chi connectivity index (χ3v) is 7.83. The second-order valence-electron chi connectivity index (χ2n) is 10.7. The lowest BCUT2D eigenvalue weighted by molar-refractivity contribution is 0.0212. The molecular weight excluding hydrogens is 420 g/mol. The van der Waals surface area contributed by atoms with Crippen molar-refractivity contribution < 1.29 is 0 Å². The van der Waals surface area contributed by atoms with Crippen LogP contribution in [0.15, 0.2) is 0 Å². The van der Waals surface area contributed by atoms with Gasteiger partial charge < -0.3 is 19.6 Å². The molecule has 2 heterocycles. The van der Waals surface area contributed by atoms with Crippen molar-refractivity contribution in [2.45, 2.75) is 79.3 Å². The van der Waals surface area contributed by atoms with Gasteiger partial charge in [0.15, 0.2) is 0 Å². The molecule has 0 saturated carbocycles. The number of rotatable bonds is 12. The van der Waals surface area contributed by atoms with Gasteiger partial charge in [-0.3, -0.25) is 9.80 Å². The summed E-state index contributed by atoms with van der Waals surface area (Å²) in [4.78, 5) is 16.7. The summed E-state index contributed by atoms with van der Waals surface area (Å²) in [6, 6.07) is 0. The lowest BCUT2D eigenvalue weighted by Crippen LogP contribution is -2.54. The summed E-state index contributed by atoms with van der Waals surface area (Å²) in [7, 11) is 0.